The van der Waals surface area contributed by atoms with Gasteiger partial charge in [-0.3, -0.25) is 0 Å². The first-order valence-electron chi connectivity index (χ1n) is 11.5. The van der Waals surface area contributed by atoms with Crippen LogP contribution in [0.2, 0.25) is 10.0 Å². The van der Waals surface area contributed by atoms with Crippen molar-refractivity contribution in [3.05, 3.63) is 52.0 Å². The van der Waals surface area contributed by atoms with Gasteiger partial charge >= 0.3 is 6.09 Å². The highest BCUT2D eigenvalue weighted by atomic mass is 35.5. The van der Waals surface area contributed by atoms with E-state index in [9.17, 15) is 4.79 Å². The Balaban J connectivity index is 1.73. The van der Waals surface area contributed by atoms with Crippen molar-refractivity contribution in [3.8, 4) is 0 Å². The number of imidazole rings is 1. The van der Waals surface area contributed by atoms with Crippen molar-refractivity contribution < 1.29 is 9.53 Å². The number of nitrogens with one attached hydrogen (secondary N) is 2. The van der Waals surface area contributed by atoms with Crippen LogP contribution >= 0.6 is 23.2 Å². The van der Waals surface area contributed by atoms with E-state index in [-0.39, 0.29) is 6.04 Å². The number of rotatable bonds is 5. The van der Waals surface area contributed by atoms with Crippen LogP contribution in [-0.4, -0.2) is 40.4 Å². The number of halogens is 2. The van der Waals surface area contributed by atoms with Gasteiger partial charge in [0.25, 0.3) is 0 Å². The van der Waals surface area contributed by atoms with Gasteiger partial charge in [-0.2, -0.15) is 0 Å². The lowest BCUT2D eigenvalue weighted by Gasteiger charge is -2.32. The van der Waals surface area contributed by atoms with E-state index < -0.39 is 11.7 Å². The molecule has 3 aromatic rings. The second kappa shape index (κ2) is 10.0. The van der Waals surface area contributed by atoms with Crippen LogP contribution in [0.15, 0.2) is 36.4 Å². The smallest absolute Gasteiger partial charge is 0.421 e. The van der Waals surface area contributed by atoms with Crippen LogP contribution in [-0.2, 0) is 11.2 Å². The monoisotopic (exact) mass is 503 g/mol. The first kappa shape index (κ1) is 24.6. The van der Waals surface area contributed by atoms with Gasteiger partial charge in [-0.15, -0.1) is 0 Å². The quantitative estimate of drug-likeness (QED) is 0.384. The number of hydrogen-bond acceptors (Lipinski definition) is 6. The third kappa shape index (κ3) is 5.59. The van der Waals surface area contributed by atoms with E-state index in [4.69, 9.17) is 38.7 Å². The zero-order valence-corrected chi connectivity index (χ0v) is 21.2. The first-order chi connectivity index (χ1) is 16.1. The minimum Gasteiger partial charge on any atom is -0.443 e. The van der Waals surface area contributed by atoms with Crippen molar-refractivity contribution in [1.82, 2.24) is 14.9 Å². The van der Waals surface area contributed by atoms with E-state index in [0.717, 1.165) is 31.5 Å². The summed E-state index contributed by atoms with van der Waals surface area (Å²) >= 11 is 12.4. The molecule has 0 aliphatic carbocycles. The third-order valence-corrected chi connectivity index (χ3v) is 6.74. The normalized spacial score (nSPS) is 15.9. The Morgan fingerprint density at radius 1 is 1.24 bits per heavy atom. The second-order valence-electron chi connectivity index (χ2n) is 9.76. The molecule has 2 aromatic carbocycles. The molecule has 4 rings (SSSR count). The van der Waals surface area contributed by atoms with Gasteiger partial charge in [-0.05, 0) is 88.9 Å². The lowest BCUT2D eigenvalue weighted by Crippen LogP contribution is -2.40. The van der Waals surface area contributed by atoms with Crippen molar-refractivity contribution in [1.29, 1.82) is 0 Å². The summed E-state index contributed by atoms with van der Waals surface area (Å²) in [5.74, 6) is 0.797. The average Bonchev–Trinajstić information content (AvgIpc) is 3.15. The standard InChI is InChI=1S/C25H31Cl2N5O2/c1-25(2,3)34-24(33)32-21-6-4-5-19(28)22(21)31-23(32)30-20(16-9-11-29-12-10-16)14-15-7-8-17(26)18(27)13-15/h4-8,13,16,20,29H,9-12,14,28H2,1-3H3,(H,30,31). The summed E-state index contributed by atoms with van der Waals surface area (Å²) in [5, 5.41) is 8.05. The van der Waals surface area contributed by atoms with Gasteiger partial charge in [0.1, 0.15) is 11.1 Å². The Labute approximate surface area is 210 Å². The number of nitrogens with two attached hydrogens (primary N) is 1. The summed E-state index contributed by atoms with van der Waals surface area (Å²) in [4.78, 5) is 18.0. The molecule has 0 spiro atoms. The molecular formula is C25H31Cl2N5O2. The molecule has 34 heavy (non-hydrogen) atoms. The maximum Gasteiger partial charge on any atom is 0.421 e. The van der Waals surface area contributed by atoms with Gasteiger partial charge in [-0.1, -0.05) is 35.3 Å². The molecule has 1 aromatic heterocycles. The van der Waals surface area contributed by atoms with Crippen LogP contribution in [0, 0.1) is 5.92 Å². The van der Waals surface area contributed by atoms with Crippen molar-refractivity contribution in [3.63, 3.8) is 0 Å². The number of benzene rings is 2. The maximum atomic E-state index is 13.2. The fourth-order valence-corrected chi connectivity index (χ4v) is 4.70. The highest BCUT2D eigenvalue weighted by Crippen LogP contribution is 2.30. The topological polar surface area (TPSA) is 94.2 Å². The molecule has 0 saturated carbocycles. The van der Waals surface area contributed by atoms with Gasteiger partial charge in [0.2, 0.25) is 5.95 Å². The van der Waals surface area contributed by atoms with E-state index in [0.29, 0.717) is 45.1 Å². The van der Waals surface area contributed by atoms with Gasteiger partial charge < -0.3 is 21.1 Å². The molecule has 1 fully saturated rings. The number of fused-ring (bicyclic) bond motifs is 1. The predicted octanol–water partition coefficient (Wildman–Crippen LogP) is 5.73. The molecular weight excluding hydrogens is 473 g/mol. The van der Waals surface area contributed by atoms with E-state index >= 15 is 0 Å². The Hall–Kier alpha value is -2.48. The fraction of sp³-hybridized carbons (Fsp3) is 0.440. The summed E-state index contributed by atoms with van der Waals surface area (Å²) in [7, 11) is 0. The highest BCUT2D eigenvalue weighted by Gasteiger charge is 2.29. The van der Waals surface area contributed by atoms with Crippen LogP contribution in [0.4, 0.5) is 16.4 Å². The SMILES string of the molecule is CC(C)(C)OC(=O)n1c(NC(Cc2ccc(Cl)c(Cl)c2)C2CCNCC2)nc2c(N)cccc21. The molecule has 182 valence electrons. The predicted molar refractivity (Wildman–Crippen MR) is 139 cm³/mol. The van der Waals surface area contributed by atoms with Crippen molar-refractivity contribution in [2.75, 3.05) is 24.1 Å². The zero-order valence-electron chi connectivity index (χ0n) is 19.7. The number of nitrogens with zero attached hydrogens (tertiary/aromatic N) is 2. The number of hydrogen-bond donors (Lipinski definition) is 3. The number of para-hydroxylation sites is 1. The Bertz CT molecular complexity index is 1180. The van der Waals surface area contributed by atoms with E-state index in [1.807, 2.05) is 51.1 Å². The van der Waals surface area contributed by atoms with Crippen LogP contribution in [0.3, 0.4) is 0 Å². The first-order valence-corrected chi connectivity index (χ1v) is 12.3. The summed E-state index contributed by atoms with van der Waals surface area (Å²) in [6.07, 6.45) is 2.22. The van der Waals surface area contributed by atoms with Gasteiger partial charge in [0, 0.05) is 6.04 Å². The van der Waals surface area contributed by atoms with Crippen molar-refractivity contribution >= 4 is 52.0 Å². The zero-order chi connectivity index (χ0) is 24.5. The van der Waals surface area contributed by atoms with Crippen LogP contribution in [0.1, 0.15) is 39.2 Å². The van der Waals surface area contributed by atoms with Gasteiger partial charge in [0.05, 0.1) is 21.2 Å². The summed E-state index contributed by atoms with van der Waals surface area (Å²) in [6, 6.07) is 11.1. The second-order valence-corrected chi connectivity index (χ2v) is 10.6. The fourth-order valence-electron chi connectivity index (χ4n) is 4.38. The number of carbonyl (C=O) groups excluding carboxylic acids is 1. The lowest BCUT2D eigenvalue weighted by atomic mass is 9.86. The van der Waals surface area contributed by atoms with E-state index in [2.05, 4.69) is 10.6 Å². The Kier molecular flexibility index (Phi) is 7.26. The average molecular weight is 504 g/mol. The van der Waals surface area contributed by atoms with E-state index in [1.165, 1.54) is 4.57 Å². The molecule has 1 saturated heterocycles. The number of nitrogen functional groups attached to an aromatic ring is 1. The van der Waals surface area contributed by atoms with Crippen LogP contribution in [0.5, 0.6) is 0 Å². The van der Waals surface area contributed by atoms with Crippen LogP contribution < -0.4 is 16.4 Å². The molecule has 0 amide bonds. The molecule has 4 N–H and O–H groups in total. The molecule has 0 radical (unpaired) electrons. The minimum atomic E-state index is -0.653. The van der Waals surface area contributed by atoms with Crippen molar-refractivity contribution in [2.45, 2.75) is 51.7 Å². The van der Waals surface area contributed by atoms with Crippen molar-refractivity contribution in [2.24, 2.45) is 5.92 Å². The lowest BCUT2D eigenvalue weighted by molar-refractivity contribution is 0.0546. The van der Waals surface area contributed by atoms with Gasteiger partial charge in [0.15, 0.2) is 0 Å². The summed E-state index contributed by atoms with van der Waals surface area (Å²) in [5.41, 5.74) is 8.29. The number of carbonyl (C=O) groups is 1. The molecule has 7 nitrogen and oxygen atoms in total. The molecule has 9 heteroatoms. The van der Waals surface area contributed by atoms with Crippen LogP contribution in [0.25, 0.3) is 11.0 Å². The summed E-state index contributed by atoms with van der Waals surface area (Å²) < 4.78 is 7.19. The molecule has 1 aliphatic rings. The molecule has 1 unspecified atom stereocenters. The number of piperidine rings is 1. The number of aromatic nitrogens is 2. The Morgan fingerprint density at radius 3 is 2.65 bits per heavy atom. The highest BCUT2D eigenvalue weighted by molar-refractivity contribution is 6.42. The molecule has 1 aliphatic heterocycles. The van der Waals surface area contributed by atoms with Gasteiger partial charge in [-0.25, -0.2) is 14.3 Å². The molecule has 0 bridgehead atoms. The minimum absolute atomic E-state index is 0.0126. The molecule has 2 heterocycles. The largest absolute Gasteiger partial charge is 0.443 e. The third-order valence-electron chi connectivity index (χ3n) is 6.00. The maximum absolute atomic E-state index is 13.2. The Morgan fingerprint density at radius 2 is 1.97 bits per heavy atom. The number of ether oxygens (including phenoxy) is 1. The van der Waals surface area contributed by atoms with E-state index in [1.54, 1.807) is 6.07 Å². The summed E-state index contributed by atoms with van der Waals surface area (Å²) in [6.45, 7) is 7.41. The number of anilines is 2. The molecule has 1 atom stereocenters.